The van der Waals surface area contributed by atoms with Crippen LogP contribution in [0.15, 0.2) is 23.4 Å². The minimum Gasteiger partial charge on any atom is -0.291 e. The van der Waals surface area contributed by atoms with E-state index in [0.29, 0.717) is 0 Å². The fraction of sp³-hybridized carbons (Fsp3) is 0.333. The molecule has 1 aromatic carbocycles. The lowest BCUT2D eigenvalue weighted by atomic mass is 10.1. The molecule has 0 aliphatic heterocycles. The smallest absolute Gasteiger partial charge is 0.273 e. The third-order valence-corrected chi connectivity index (χ3v) is 3.82. The van der Waals surface area contributed by atoms with Gasteiger partial charge in [-0.2, -0.15) is 0 Å². The first-order valence-electron chi connectivity index (χ1n) is 5.96. The normalized spacial score (nSPS) is 12.7. The van der Waals surface area contributed by atoms with Crippen LogP contribution in [0.5, 0.6) is 0 Å². The second kappa shape index (κ2) is 5.04. The van der Waals surface area contributed by atoms with Crippen LogP contribution in [0, 0.1) is 5.82 Å². The maximum atomic E-state index is 14.2. The summed E-state index contributed by atoms with van der Waals surface area (Å²) in [6, 6.07) is 4.37. The standard InChI is InChI=1S/C12H14ClFN4O2S/c1-12(2,3)18-10(16-17-11(18)21(15,19)20)7-5-4-6-8(13)9(7)14/h4-6H,1-3H3,(H2,15,19,20). The molecule has 21 heavy (non-hydrogen) atoms. The van der Waals surface area contributed by atoms with Crippen molar-refractivity contribution in [1.82, 2.24) is 14.8 Å². The summed E-state index contributed by atoms with van der Waals surface area (Å²) in [5.74, 6) is -0.649. The lowest BCUT2D eigenvalue weighted by molar-refractivity contribution is 0.365. The molecule has 9 heteroatoms. The van der Waals surface area contributed by atoms with E-state index in [0.717, 1.165) is 0 Å². The number of benzene rings is 1. The van der Waals surface area contributed by atoms with Gasteiger partial charge in [0.15, 0.2) is 11.6 Å². The van der Waals surface area contributed by atoms with Crippen molar-refractivity contribution in [3.8, 4) is 11.4 Å². The predicted octanol–water partition coefficient (Wildman–Crippen LogP) is 2.14. The second-order valence-corrected chi connectivity index (χ2v) is 7.32. The van der Waals surface area contributed by atoms with Crippen LogP contribution in [0.25, 0.3) is 11.4 Å². The van der Waals surface area contributed by atoms with Crippen LogP contribution in [0.1, 0.15) is 20.8 Å². The minimum absolute atomic E-state index is 0.0477. The van der Waals surface area contributed by atoms with Crippen LogP contribution in [0.2, 0.25) is 5.02 Å². The van der Waals surface area contributed by atoms with Crippen molar-refractivity contribution in [2.45, 2.75) is 31.5 Å². The number of rotatable bonds is 2. The molecule has 0 amide bonds. The Morgan fingerprint density at radius 2 is 1.90 bits per heavy atom. The van der Waals surface area contributed by atoms with Crippen LogP contribution >= 0.6 is 11.6 Å². The summed E-state index contributed by atoms with van der Waals surface area (Å²) in [7, 11) is -4.09. The Morgan fingerprint density at radius 3 is 2.43 bits per heavy atom. The van der Waals surface area contributed by atoms with Gasteiger partial charge in [0.1, 0.15) is 0 Å². The number of hydrogen-bond donors (Lipinski definition) is 1. The zero-order valence-electron chi connectivity index (χ0n) is 11.6. The van der Waals surface area contributed by atoms with Crippen molar-refractivity contribution in [3.63, 3.8) is 0 Å². The number of hydrogen-bond acceptors (Lipinski definition) is 4. The minimum atomic E-state index is -4.09. The van der Waals surface area contributed by atoms with Crippen molar-refractivity contribution in [2.75, 3.05) is 0 Å². The summed E-state index contributed by atoms with van der Waals surface area (Å²) in [5.41, 5.74) is -0.671. The van der Waals surface area contributed by atoms with E-state index in [1.807, 2.05) is 0 Å². The molecule has 2 N–H and O–H groups in total. The van der Waals surface area contributed by atoms with E-state index in [9.17, 15) is 12.8 Å². The first-order valence-corrected chi connectivity index (χ1v) is 7.89. The van der Waals surface area contributed by atoms with E-state index >= 15 is 0 Å². The molecule has 0 spiro atoms. The zero-order valence-corrected chi connectivity index (χ0v) is 13.2. The summed E-state index contributed by atoms with van der Waals surface area (Å²) in [4.78, 5) is 0. The van der Waals surface area contributed by atoms with E-state index in [2.05, 4.69) is 10.2 Å². The highest BCUT2D eigenvalue weighted by Crippen LogP contribution is 2.31. The van der Waals surface area contributed by atoms with E-state index in [1.54, 1.807) is 26.8 Å². The summed E-state index contributed by atoms with van der Waals surface area (Å²) in [6.07, 6.45) is 0. The summed E-state index contributed by atoms with van der Waals surface area (Å²) in [6.45, 7) is 5.20. The molecule has 0 bridgehead atoms. The van der Waals surface area contributed by atoms with Crippen LogP contribution in [-0.4, -0.2) is 23.2 Å². The van der Waals surface area contributed by atoms with E-state index < -0.39 is 26.5 Å². The summed E-state index contributed by atoms with van der Waals surface area (Å²) in [5, 5.41) is 12.0. The lowest BCUT2D eigenvalue weighted by Gasteiger charge is -2.24. The molecule has 0 aliphatic rings. The molecule has 0 fully saturated rings. The first-order chi connectivity index (χ1) is 9.53. The highest BCUT2D eigenvalue weighted by Gasteiger charge is 2.30. The van der Waals surface area contributed by atoms with Crippen molar-refractivity contribution < 1.29 is 12.8 Å². The highest BCUT2D eigenvalue weighted by atomic mass is 35.5. The van der Waals surface area contributed by atoms with Gasteiger partial charge >= 0.3 is 0 Å². The lowest BCUT2D eigenvalue weighted by Crippen LogP contribution is -2.29. The van der Waals surface area contributed by atoms with E-state index in [4.69, 9.17) is 16.7 Å². The maximum Gasteiger partial charge on any atom is 0.273 e. The molecular formula is C12H14ClFN4O2S. The first kappa shape index (κ1) is 15.9. The van der Waals surface area contributed by atoms with Crippen molar-refractivity contribution in [3.05, 3.63) is 29.0 Å². The Labute approximate surface area is 126 Å². The quantitative estimate of drug-likeness (QED) is 0.912. The predicted molar refractivity (Wildman–Crippen MR) is 76.8 cm³/mol. The topological polar surface area (TPSA) is 90.9 Å². The Hall–Kier alpha value is -1.51. The van der Waals surface area contributed by atoms with Gasteiger partial charge in [0.2, 0.25) is 0 Å². The number of nitrogens with two attached hydrogens (primary N) is 1. The fourth-order valence-electron chi connectivity index (χ4n) is 1.91. The monoisotopic (exact) mass is 332 g/mol. The SMILES string of the molecule is CC(C)(C)n1c(-c2cccc(Cl)c2F)nnc1S(N)(=O)=O. The number of sulfonamides is 1. The molecule has 0 unspecified atom stereocenters. The van der Waals surface area contributed by atoms with Gasteiger partial charge < -0.3 is 0 Å². The van der Waals surface area contributed by atoms with Crippen LogP contribution in [0.3, 0.4) is 0 Å². The molecule has 0 radical (unpaired) electrons. The van der Waals surface area contributed by atoms with Gasteiger partial charge in [-0.05, 0) is 32.9 Å². The van der Waals surface area contributed by atoms with Gasteiger partial charge in [0, 0.05) is 5.54 Å². The number of aromatic nitrogens is 3. The highest BCUT2D eigenvalue weighted by molar-refractivity contribution is 7.89. The Bertz CT molecular complexity index is 796. The number of nitrogens with zero attached hydrogens (tertiary/aromatic N) is 3. The average molecular weight is 333 g/mol. The Kier molecular flexibility index (Phi) is 3.81. The second-order valence-electron chi connectivity index (χ2n) is 5.46. The van der Waals surface area contributed by atoms with Crippen LogP contribution in [-0.2, 0) is 15.6 Å². The molecule has 0 aliphatic carbocycles. The molecule has 0 saturated heterocycles. The Morgan fingerprint density at radius 1 is 1.29 bits per heavy atom. The molecule has 6 nitrogen and oxygen atoms in total. The molecule has 1 heterocycles. The summed E-state index contributed by atoms with van der Waals surface area (Å²) < 4.78 is 38.7. The van der Waals surface area contributed by atoms with Gasteiger partial charge in [-0.3, -0.25) is 4.57 Å². The van der Waals surface area contributed by atoms with Gasteiger partial charge in [-0.25, -0.2) is 17.9 Å². The summed E-state index contributed by atoms with van der Waals surface area (Å²) >= 11 is 5.75. The van der Waals surface area contributed by atoms with Crippen molar-refractivity contribution in [1.29, 1.82) is 0 Å². The van der Waals surface area contributed by atoms with Crippen LogP contribution < -0.4 is 5.14 Å². The van der Waals surface area contributed by atoms with Gasteiger partial charge in [-0.15, -0.1) is 10.2 Å². The molecule has 114 valence electrons. The zero-order chi connectivity index (χ0) is 16.0. The molecule has 1 aromatic heterocycles. The van der Waals surface area contributed by atoms with E-state index in [1.165, 1.54) is 16.7 Å². The van der Waals surface area contributed by atoms with Crippen molar-refractivity contribution >= 4 is 21.6 Å². The van der Waals surface area contributed by atoms with Crippen LogP contribution in [0.4, 0.5) is 4.39 Å². The third-order valence-electron chi connectivity index (χ3n) is 2.75. The van der Waals surface area contributed by atoms with E-state index in [-0.39, 0.29) is 16.4 Å². The molecule has 0 saturated carbocycles. The fourth-order valence-corrected chi connectivity index (χ4v) is 2.85. The molecule has 0 atom stereocenters. The largest absolute Gasteiger partial charge is 0.291 e. The van der Waals surface area contributed by atoms with Gasteiger partial charge in [0.25, 0.3) is 15.2 Å². The van der Waals surface area contributed by atoms with Gasteiger partial charge in [0.05, 0.1) is 10.6 Å². The maximum absolute atomic E-state index is 14.2. The molecule has 2 rings (SSSR count). The van der Waals surface area contributed by atoms with Crippen molar-refractivity contribution in [2.24, 2.45) is 5.14 Å². The average Bonchev–Trinajstić information content (AvgIpc) is 2.76. The van der Waals surface area contributed by atoms with Gasteiger partial charge in [-0.1, -0.05) is 17.7 Å². The third kappa shape index (κ3) is 2.92. The number of primary sulfonamides is 1. The molecular weight excluding hydrogens is 319 g/mol. The molecule has 2 aromatic rings. The Balaban J connectivity index is 2.83. The number of halogens is 2.